The number of aliphatic hydroxyl groups is 1. The maximum absolute atomic E-state index is 10.4. The first-order chi connectivity index (χ1) is 13.7. The van der Waals surface area contributed by atoms with Crippen molar-refractivity contribution in [1.29, 1.82) is 0 Å². The van der Waals surface area contributed by atoms with Crippen LogP contribution >= 0.6 is 11.6 Å². The average Bonchev–Trinajstić information content (AvgIpc) is 3.21. The van der Waals surface area contributed by atoms with Crippen molar-refractivity contribution in [3.8, 4) is 0 Å². The highest BCUT2D eigenvalue weighted by Gasteiger charge is 2.24. The van der Waals surface area contributed by atoms with Gasteiger partial charge in [-0.1, -0.05) is 29.8 Å². The number of aliphatic hydroxyl groups excluding tert-OH is 1. The normalized spacial score (nSPS) is 23.0. The first-order valence-electron chi connectivity index (χ1n) is 10.4. The summed E-state index contributed by atoms with van der Waals surface area (Å²) in [5, 5.41) is 17.8. The molecule has 2 heterocycles. The Hall–Kier alpha value is -1.34. The summed E-state index contributed by atoms with van der Waals surface area (Å²) in [5.41, 5.74) is 0.716. The summed E-state index contributed by atoms with van der Waals surface area (Å²) in [7, 11) is 0. The zero-order chi connectivity index (χ0) is 19.8. The Bertz CT molecular complexity index is 629. The third-order valence-corrected chi connectivity index (χ3v) is 5.84. The molecular formula is C21H33ClN4O2. The molecule has 0 amide bonds. The molecule has 1 aromatic rings. The van der Waals surface area contributed by atoms with Gasteiger partial charge in [0.1, 0.15) is 6.10 Å². The van der Waals surface area contributed by atoms with E-state index < -0.39 is 6.10 Å². The molecule has 2 atom stereocenters. The Kier molecular flexibility index (Phi) is 8.40. The first-order valence-corrected chi connectivity index (χ1v) is 10.8. The zero-order valence-corrected chi connectivity index (χ0v) is 17.5. The van der Waals surface area contributed by atoms with Crippen LogP contribution in [-0.4, -0.2) is 67.9 Å². The van der Waals surface area contributed by atoms with Crippen LogP contribution in [0.3, 0.4) is 0 Å². The second-order valence-corrected chi connectivity index (χ2v) is 8.11. The molecule has 3 N–H and O–H groups in total. The number of guanidine groups is 1. The number of likely N-dealkylation sites (tertiary alicyclic amines) is 1. The molecule has 1 aromatic carbocycles. The molecule has 7 heteroatoms. The number of piperidine rings is 1. The van der Waals surface area contributed by atoms with E-state index in [4.69, 9.17) is 16.3 Å². The summed E-state index contributed by atoms with van der Waals surface area (Å²) in [5.74, 6) is 1.46. The lowest BCUT2D eigenvalue weighted by Crippen LogP contribution is -2.49. The fourth-order valence-electron chi connectivity index (χ4n) is 3.89. The quantitative estimate of drug-likeness (QED) is 0.477. The van der Waals surface area contributed by atoms with E-state index in [2.05, 4.69) is 20.5 Å². The number of rotatable bonds is 7. The van der Waals surface area contributed by atoms with E-state index in [1.165, 1.54) is 6.42 Å². The predicted molar refractivity (Wildman–Crippen MR) is 114 cm³/mol. The molecule has 2 unspecified atom stereocenters. The minimum absolute atomic E-state index is 0.277. The van der Waals surface area contributed by atoms with Crippen molar-refractivity contribution in [2.24, 2.45) is 10.9 Å². The number of nitrogens with zero attached hydrogens (tertiary/aromatic N) is 2. The first kappa shape index (κ1) is 21.4. The Morgan fingerprint density at radius 1 is 1.32 bits per heavy atom. The van der Waals surface area contributed by atoms with Crippen LogP contribution in [0.2, 0.25) is 5.02 Å². The van der Waals surface area contributed by atoms with Gasteiger partial charge in [0, 0.05) is 49.4 Å². The molecule has 3 rings (SSSR count). The minimum atomic E-state index is -0.709. The molecule has 0 spiro atoms. The number of hydrogen-bond donors (Lipinski definition) is 3. The molecule has 2 aliphatic heterocycles. The topological polar surface area (TPSA) is 69.1 Å². The molecule has 2 fully saturated rings. The van der Waals surface area contributed by atoms with Crippen molar-refractivity contribution in [1.82, 2.24) is 15.5 Å². The Morgan fingerprint density at radius 3 is 2.79 bits per heavy atom. The Balaban J connectivity index is 1.47. The van der Waals surface area contributed by atoms with Gasteiger partial charge in [0.05, 0.1) is 13.2 Å². The Morgan fingerprint density at radius 2 is 2.11 bits per heavy atom. The monoisotopic (exact) mass is 408 g/mol. The molecule has 0 bridgehead atoms. The van der Waals surface area contributed by atoms with Crippen LogP contribution in [0.4, 0.5) is 0 Å². The van der Waals surface area contributed by atoms with E-state index in [1.54, 1.807) is 6.07 Å². The van der Waals surface area contributed by atoms with E-state index >= 15 is 0 Å². The van der Waals surface area contributed by atoms with Crippen LogP contribution in [0.1, 0.15) is 37.9 Å². The van der Waals surface area contributed by atoms with Crippen molar-refractivity contribution in [3.63, 3.8) is 0 Å². The maximum Gasteiger partial charge on any atom is 0.191 e. The third-order valence-electron chi connectivity index (χ3n) is 5.50. The maximum atomic E-state index is 10.4. The summed E-state index contributed by atoms with van der Waals surface area (Å²) in [6, 6.07) is 7.78. The minimum Gasteiger partial charge on any atom is -0.386 e. The van der Waals surface area contributed by atoms with Gasteiger partial charge in [-0.15, -0.1) is 0 Å². The van der Waals surface area contributed by atoms with Crippen molar-refractivity contribution >= 4 is 17.6 Å². The highest BCUT2D eigenvalue weighted by Crippen LogP contribution is 2.22. The number of aliphatic imine (C=N–C) groups is 1. The van der Waals surface area contributed by atoms with Gasteiger partial charge in [-0.2, -0.15) is 0 Å². The van der Waals surface area contributed by atoms with Gasteiger partial charge in [-0.3, -0.25) is 4.99 Å². The van der Waals surface area contributed by atoms with Gasteiger partial charge >= 0.3 is 0 Å². The van der Waals surface area contributed by atoms with Crippen LogP contribution in [0.25, 0.3) is 0 Å². The molecule has 2 aliphatic rings. The van der Waals surface area contributed by atoms with Crippen molar-refractivity contribution in [2.75, 3.05) is 45.9 Å². The third kappa shape index (κ3) is 6.34. The Labute approximate surface area is 173 Å². The van der Waals surface area contributed by atoms with Crippen LogP contribution in [-0.2, 0) is 4.74 Å². The smallest absolute Gasteiger partial charge is 0.191 e. The van der Waals surface area contributed by atoms with E-state index in [-0.39, 0.29) is 6.54 Å². The number of nitrogens with one attached hydrogen (secondary N) is 2. The van der Waals surface area contributed by atoms with Crippen LogP contribution in [0.5, 0.6) is 0 Å². The largest absolute Gasteiger partial charge is 0.386 e. The number of benzene rings is 1. The molecule has 156 valence electrons. The number of halogens is 1. The lowest BCUT2D eigenvalue weighted by molar-refractivity contribution is 0.150. The summed E-state index contributed by atoms with van der Waals surface area (Å²) < 4.78 is 5.49. The average molecular weight is 409 g/mol. The van der Waals surface area contributed by atoms with Crippen molar-refractivity contribution < 1.29 is 9.84 Å². The molecular weight excluding hydrogens is 376 g/mol. The molecule has 0 radical (unpaired) electrons. The van der Waals surface area contributed by atoms with Crippen molar-refractivity contribution in [3.05, 3.63) is 34.9 Å². The standard InChI is InChI=1S/C21H33ClN4O2/c1-2-23-21(24-13-20(27)18-5-3-4-6-19(18)22)25-17-7-10-26(11-8-17)14-16-9-12-28-15-16/h3-6,16-17,20,27H,2,7-15H2,1H3,(H2,23,24,25). The van der Waals surface area contributed by atoms with Crippen molar-refractivity contribution in [2.45, 2.75) is 38.3 Å². The molecule has 6 nitrogen and oxygen atoms in total. The fraction of sp³-hybridized carbons (Fsp3) is 0.667. The highest BCUT2D eigenvalue weighted by molar-refractivity contribution is 6.31. The van der Waals surface area contributed by atoms with E-state index in [0.29, 0.717) is 22.5 Å². The number of ether oxygens (including phenoxy) is 1. The SMILES string of the molecule is CCNC(=NCC(O)c1ccccc1Cl)NC1CCN(CC2CCOC2)CC1. The van der Waals surface area contributed by atoms with E-state index in [9.17, 15) is 5.11 Å². The highest BCUT2D eigenvalue weighted by atomic mass is 35.5. The van der Waals surface area contributed by atoms with Gasteiger partial charge in [0.2, 0.25) is 0 Å². The lowest BCUT2D eigenvalue weighted by atomic mass is 10.0. The van der Waals surface area contributed by atoms with E-state index in [0.717, 1.165) is 58.2 Å². The number of hydrogen-bond acceptors (Lipinski definition) is 4. The van der Waals surface area contributed by atoms with Gasteiger partial charge < -0.3 is 25.4 Å². The molecule has 2 saturated heterocycles. The molecule has 28 heavy (non-hydrogen) atoms. The van der Waals surface area contributed by atoms with E-state index in [1.807, 2.05) is 25.1 Å². The van der Waals surface area contributed by atoms with Crippen LogP contribution in [0, 0.1) is 5.92 Å². The molecule has 0 aliphatic carbocycles. The fourth-order valence-corrected chi connectivity index (χ4v) is 4.15. The van der Waals surface area contributed by atoms with Gasteiger partial charge in [-0.05, 0) is 38.2 Å². The summed E-state index contributed by atoms with van der Waals surface area (Å²) >= 11 is 6.17. The van der Waals surface area contributed by atoms with Gasteiger partial charge in [0.15, 0.2) is 5.96 Å². The summed E-state index contributed by atoms with van der Waals surface area (Å²) in [4.78, 5) is 7.14. The molecule has 0 aromatic heterocycles. The molecule has 0 saturated carbocycles. The van der Waals surface area contributed by atoms with Crippen LogP contribution in [0.15, 0.2) is 29.3 Å². The zero-order valence-electron chi connectivity index (χ0n) is 16.7. The second kappa shape index (κ2) is 11.0. The van der Waals surface area contributed by atoms with Gasteiger partial charge in [-0.25, -0.2) is 0 Å². The van der Waals surface area contributed by atoms with Crippen LogP contribution < -0.4 is 10.6 Å². The lowest BCUT2D eigenvalue weighted by Gasteiger charge is -2.34. The van der Waals surface area contributed by atoms with Gasteiger partial charge in [0.25, 0.3) is 0 Å². The summed E-state index contributed by atoms with van der Waals surface area (Å²) in [6.45, 7) is 8.33. The summed E-state index contributed by atoms with van der Waals surface area (Å²) in [6.07, 6.45) is 2.69. The predicted octanol–water partition coefficient (Wildman–Crippen LogP) is 2.43. The second-order valence-electron chi connectivity index (χ2n) is 7.71.